The Bertz CT molecular complexity index is 843. The van der Waals surface area contributed by atoms with Gasteiger partial charge < -0.3 is 9.80 Å². The summed E-state index contributed by atoms with van der Waals surface area (Å²) in [7, 11) is 0. The third kappa shape index (κ3) is 4.01. The number of carbonyl (C=O) groups excluding carboxylic acids is 1. The maximum absolute atomic E-state index is 13.2. The van der Waals surface area contributed by atoms with Crippen molar-refractivity contribution in [2.24, 2.45) is 5.92 Å². The number of amides is 1. The summed E-state index contributed by atoms with van der Waals surface area (Å²) in [6.45, 7) is 2.42. The van der Waals surface area contributed by atoms with Crippen molar-refractivity contribution < 1.29 is 18.0 Å². The smallest absolute Gasteiger partial charge is 0.356 e. The lowest BCUT2D eigenvalue weighted by Gasteiger charge is -2.35. The van der Waals surface area contributed by atoms with Gasteiger partial charge in [-0.05, 0) is 54.3 Å². The van der Waals surface area contributed by atoms with Crippen molar-refractivity contribution in [2.75, 3.05) is 24.5 Å². The number of thiophene rings is 1. The van der Waals surface area contributed by atoms with Crippen LogP contribution in [0.15, 0.2) is 29.8 Å². The number of pyridine rings is 1. The molecule has 1 amide bonds. The van der Waals surface area contributed by atoms with Crippen molar-refractivity contribution in [1.29, 1.82) is 0 Å². The van der Waals surface area contributed by atoms with E-state index in [1.54, 1.807) is 16.2 Å². The number of hydrogen-bond acceptors (Lipinski definition) is 4. The van der Waals surface area contributed by atoms with Crippen LogP contribution in [-0.4, -0.2) is 35.4 Å². The topological polar surface area (TPSA) is 36.4 Å². The van der Waals surface area contributed by atoms with E-state index in [0.29, 0.717) is 38.9 Å². The summed E-state index contributed by atoms with van der Waals surface area (Å²) >= 11 is 1.75. The summed E-state index contributed by atoms with van der Waals surface area (Å²) in [6.07, 6.45) is -0.215. The van der Waals surface area contributed by atoms with Gasteiger partial charge in [-0.25, -0.2) is 4.98 Å². The van der Waals surface area contributed by atoms with Gasteiger partial charge in [-0.2, -0.15) is 13.2 Å². The minimum absolute atomic E-state index is 0.000735. The normalized spacial score (nSPS) is 18.2. The molecule has 4 rings (SSSR count). The van der Waals surface area contributed by atoms with Gasteiger partial charge in [0.2, 0.25) is 5.91 Å². The quantitative estimate of drug-likeness (QED) is 0.756. The Morgan fingerprint density at radius 1 is 1.21 bits per heavy atom. The van der Waals surface area contributed by atoms with Crippen molar-refractivity contribution in [3.8, 4) is 0 Å². The molecule has 8 heteroatoms. The van der Waals surface area contributed by atoms with E-state index in [0.717, 1.165) is 19.0 Å². The lowest BCUT2D eigenvalue weighted by Crippen LogP contribution is -2.39. The van der Waals surface area contributed by atoms with Gasteiger partial charge in [0.15, 0.2) is 0 Å². The molecule has 1 saturated heterocycles. The van der Waals surface area contributed by atoms with Crippen LogP contribution in [-0.2, 0) is 23.9 Å². The Kier molecular flexibility index (Phi) is 5.31. The molecule has 0 radical (unpaired) electrons. The van der Waals surface area contributed by atoms with Crippen LogP contribution in [0.25, 0.3) is 0 Å². The van der Waals surface area contributed by atoms with Crippen LogP contribution < -0.4 is 4.90 Å². The molecule has 2 aliphatic rings. The Morgan fingerprint density at radius 2 is 2.00 bits per heavy atom. The van der Waals surface area contributed by atoms with Crippen molar-refractivity contribution in [1.82, 2.24) is 9.88 Å². The molecular weight excluding hydrogens is 387 g/mol. The molecule has 2 aromatic heterocycles. The van der Waals surface area contributed by atoms with Crippen LogP contribution in [0.1, 0.15) is 35.3 Å². The zero-order valence-corrected chi connectivity index (χ0v) is 16.2. The second-order valence-electron chi connectivity index (χ2n) is 7.44. The molecule has 150 valence electrons. The molecule has 0 atom stereocenters. The Balaban J connectivity index is 1.33. The molecule has 4 heterocycles. The van der Waals surface area contributed by atoms with Gasteiger partial charge in [-0.3, -0.25) is 4.79 Å². The van der Waals surface area contributed by atoms with Gasteiger partial charge in [0.1, 0.15) is 5.82 Å². The predicted molar refractivity (Wildman–Crippen MR) is 102 cm³/mol. The summed E-state index contributed by atoms with van der Waals surface area (Å²) in [5.41, 5.74) is 0.554. The average molecular weight is 409 g/mol. The number of fused-ring (bicyclic) bond motifs is 1. The van der Waals surface area contributed by atoms with E-state index in [1.807, 2.05) is 4.90 Å². The predicted octanol–water partition coefficient (Wildman–Crippen LogP) is 4.35. The fourth-order valence-corrected chi connectivity index (χ4v) is 4.95. The average Bonchev–Trinajstić information content (AvgIpc) is 3.16. The number of alkyl halides is 3. The van der Waals surface area contributed by atoms with Crippen LogP contribution >= 0.6 is 11.3 Å². The van der Waals surface area contributed by atoms with Gasteiger partial charge in [0, 0.05) is 43.7 Å². The fraction of sp³-hybridized carbons (Fsp3) is 0.500. The van der Waals surface area contributed by atoms with Crippen molar-refractivity contribution in [3.63, 3.8) is 0 Å². The fourth-order valence-electron chi connectivity index (χ4n) is 4.06. The Hall–Kier alpha value is -2.09. The number of rotatable bonds is 3. The first-order valence-electron chi connectivity index (χ1n) is 9.52. The second-order valence-corrected chi connectivity index (χ2v) is 8.44. The molecule has 4 nitrogen and oxygen atoms in total. The zero-order valence-electron chi connectivity index (χ0n) is 15.4. The molecule has 0 N–H and O–H groups in total. The van der Waals surface area contributed by atoms with E-state index in [4.69, 9.17) is 0 Å². The Labute approximate surface area is 166 Å². The zero-order chi connectivity index (χ0) is 19.7. The molecule has 2 aromatic rings. The minimum atomic E-state index is -4.41. The maximum atomic E-state index is 13.2. The van der Waals surface area contributed by atoms with Crippen molar-refractivity contribution in [3.05, 3.63) is 45.8 Å². The number of anilines is 1. The molecule has 0 unspecified atom stereocenters. The van der Waals surface area contributed by atoms with Crippen LogP contribution in [0.4, 0.5) is 19.0 Å². The van der Waals surface area contributed by atoms with E-state index in [1.165, 1.54) is 22.7 Å². The largest absolute Gasteiger partial charge is 0.419 e. The third-order valence-corrected chi connectivity index (χ3v) is 6.65. The molecule has 2 aliphatic heterocycles. The monoisotopic (exact) mass is 409 g/mol. The van der Waals surface area contributed by atoms with Crippen LogP contribution in [0.5, 0.6) is 0 Å². The molecule has 0 saturated carbocycles. The highest BCUT2D eigenvalue weighted by Gasteiger charge is 2.36. The highest BCUT2D eigenvalue weighted by molar-refractivity contribution is 7.10. The molecular formula is C20H22F3N3OS. The van der Waals surface area contributed by atoms with Gasteiger partial charge in [-0.1, -0.05) is 0 Å². The van der Waals surface area contributed by atoms with Gasteiger partial charge in [0.25, 0.3) is 0 Å². The van der Waals surface area contributed by atoms with Crippen molar-refractivity contribution in [2.45, 2.75) is 38.4 Å². The Morgan fingerprint density at radius 3 is 2.75 bits per heavy atom. The standard InChI is InChI=1S/C20H22F3N3OS/c21-20(22,23)16-2-1-7-24-19(16)25-8-3-14(4-9-25)12-18(27)26-10-5-17-15(13-26)6-11-28-17/h1-2,6-7,11,14H,3-5,8-10,12-13H2. The van der Waals surface area contributed by atoms with E-state index in [-0.39, 0.29) is 17.6 Å². The minimum Gasteiger partial charge on any atom is -0.356 e. The first-order valence-corrected chi connectivity index (χ1v) is 10.4. The molecule has 0 spiro atoms. The number of halogens is 3. The molecule has 0 aliphatic carbocycles. The van der Waals surface area contributed by atoms with E-state index in [2.05, 4.69) is 16.4 Å². The molecule has 28 heavy (non-hydrogen) atoms. The highest BCUT2D eigenvalue weighted by Crippen LogP contribution is 2.36. The summed E-state index contributed by atoms with van der Waals surface area (Å²) < 4.78 is 39.7. The van der Waals surface area contributed by atoms with Crippen LogP contribution in [0.2, 0.25) is 0 Å². The van der Waals surface area contributed by atoms with E-state index in [9.17, 15) is 18.0 Å². The molecule has 0 bridgehead atoms. The lowest BCUT2D eigenvalue weighted by molar-refractivity contribution is -0.137. The second kappa shape index (κ2) is 7.73. The van der Waals surface area contributed by atoms with Gasteiger partial charge in [-0.15, -0.1) is 11.3 Å². The van der Waals surface area contributed by atoms with Gasteiger partial charge in [0.05, 0.1) is 5.56 Å². The lowest BCUT2D eigenvalue weighted by atomic mass is 9.92. The summed E-state index contributed by atoms with van der Waals surface area (Å²) in [5.74, 6) is 0.371. The molecule has 0 aromatic carbocycles. The first-order chi connectivity index (χ1) is 13.4. The number of hydrogen-bond donors (Lipinski definition) is 0. The number of piperidine rings is 1. The number of carbonyl (C=O) groups is 1. The summed E-state index contributed by atoms with van der Waals surface area (Å²) in [5, 5.41) is 2.07. The van der Waals surface area contributed by atoms with E-state index < -0.39 is 11.7 Å². The number of aromatic nitrogens is 1. The highest BCUT2D eigenvalue weighted by atomic mass is 32.1. The summed E-state index contributed by atoms with van der Waals surface area (Å²) in [6, 6.07) is 4.48. The van der Waals surface area contributed by atoms with Crippen LogP contribution in [0, 0.1) is 5.92 Å². The first kappa shape index (κ1) is 19.2. The number of nitrogens with zero attached hydrogens (tertiary/aromatic N) is 3. The van der Waals surface area contributed by atoms with Gasteiger partial charge >= 0.3 is 6.18 Å². The van der Waals surface area contributed by atoms with E-state index >= 15 is 0 Å². The summed E-state index contributed by atoms with van der Waals surface area (Å²) in [4.78, 5) is 21.6. The third-order valence-electron chi connectivity index (χ3n) is 5.63. The maximum Gasteiger partial charge on any atom is 0.419 e. The SMILES string of the molecule is O=C(CC1CCN(c2ncccc2C(F)(F)F)CC1)N1CCc2sccc2C1. The molecule has 1 fully saturated rings. The van der Waals surface area contributed by atoms with Crippen LogP contribution in [0.3, 0.4) is 0 Å². The van der Waals surface area contributed by atoms with Crippen molar-refractivity contribution >= 4 is 23.1 Å².